The van der Waals surface area contributed by atoms with Crippen LogP contribution in [0, 0.1) is 10.1 Å². The van der Waals surface area contributed by atoms with Gasteiger partial charge in [0.25, 0.3) is 17.5 Å². The lowest BCUT2D eigenvalue weighted by Crippen LogP contribution is -2.37. The first-order valence-electron chi connectivity index (χ1n) is 10.2. The number of ether oxygens (including phenoxy) is 2. The molecule has 0 aromatic heterocycles. The van der Waals surface area contributed by atoms with Gasteiger partial charge in [-0.3, -0.25) is 14.9 Å². The highest BCUT2D eigenvalue weighted by atomic mass is 16.6. The number of non-ortho nitro benzene ring substituents is 1. The Morgan fingerprint density at radius 1 is 1.26 bits per heavy atom. The smallest absolute Gasteiger partial charge is 0.336 e. The van der Waals surface area contributed by atoms with Gasteiger partial charge in [0.2, 0.25) is 0 Å². The predicted molar refractivity (Wildman–Crippen MR) is 113 cm³/mol. The molecule has 9 nitrogen and oxygen atoms in total. The Kier molecular flexibility index (Phi) is 8.60. The first kappa shape index (κ1) is 23.9. The lowest BCUT2D eigenvalue weighted by atomic mass is 9.80. The summed E-state index contributed by atoms with van der Waals surface area (Å²) in [5.41, 5.74) is 0.207. The highest BCUT2D eigenvalue weighted by Gasteiger charge is 2.40. The summed E-state index contributed by atoms with van der Waals surface area (Å²) in [6.45, 7) is 3.87. The van der Waals surface area contributed by atoms with Crippen LogP contribution in [0.4, 0.5) is 5.69 Å². The van der Waals surface area contributed by atoms with Crippen molar-refractivity contribution in [2.75, 3.05) is 13.7 Å². The number of aliphatic hydroxyl groups is 1. The molecule has 2 rings (SSSR count). The molecule has 1 atom stereocenters. The van der Waals surface area contributed by atoms with E-state index >= 15 is 0 Å². The van der Waals surface area contributed by atoms with Gasteiger partial charge in [-0.15, -0.1) is 0 Å². The van der Waals surface area contributed by atoms with Crippen LogP contribution >= 0.6 is 0 Å². The van der Waals surface area contributed by atoms with Crippen molar-refractivity contribution in [1.29, 1.82) is 0 Å². The summed E-state index contributed by atoms with van der Waals surface area (Å²) in [7, 11) is 1.18. The van der Waals surface area contributed by atoms with E-state index in [1.807, 2.05) is 0 Å². The summed E-state index contributed by atoms with van der Waals surface area (Å²) in [5, 5.41) is 24.0. The van der Waals surface area contributed by atoms with Crippen LogP contribution in [0.3, 0.4) is 0 Å². The maximum atomic E-state index is 13.0. The van der Waals surface area contributed by atoms with Crippen LogP contribution in [0.1, 0.15) is 57.4 Å². The number of carbonyl (C=O) groups excluding carboxylic acids is 2. The number of nitrogens with zero attached hydrogens (tertiary/aromatic N) is 1. The van der Waals surface area contributed by atoms with Crippen LogP contribution in [-0.4, -0.2) is 35.6 Å². The fraction of sp³-hybridized carbons (Fsp3) is 0.455. The van der Waals surface area contributed by atoms with Crippen LogP contribution in [0.2, 0.25) is 0 Å². The van der Waals surface area contributed by atoms with Crippen molar-refractivity contribution < 1.29 is 29.1 Å². The molecule has 1 unspecified atom stereocenters. The van der Waals surface area contributed by atoms with Gasteiger partial charge in [0.05, 0.1) is 30.1 Å². The van der Waals surface area contributed by atoms with Gasteiger partial charge in [-0.2, -0.15) is 0 Å². The monoisotopic (exact) mass is 432 g/mol. The van der Waals surface area contributed by atoms with Crippen LogP contribution in [0.15, 0.2) is 47.1 Å². The van der Waals surface area contributed by atoms with Gasteiger partial charge in [0.1, 0.15) is 5.57 Å². The van der Waals surface area contributed by atoms with Crippen LogP contribution in [0.5, 0.6) is 0 Å². The van der Waals surface area contributed by atoms with Gasteiger partial charge >= 0.3 is 5.97 Å². The van der Waals surface area contributed by atoms with E-state index in [1.54, 1.807) is 13.0 Å². The Bertz CT molecular complexity index is 905. The third kappa shape index (κ3) is 5.84. The van der Waals surface area contributed by atoms with E-state index in [4.69, 9.17) is 9.47 Å². The zero-order valence-electron chi connectivity index (χ0n) is 18.0. The molecule has 1 aliphatic rings. The Morgan fingerprint density at radius 3 is 2.61 bits per heavy atom. The number of esters is 1. The van der Waals surface area contributed by atoms with E-state index in [2.05, 4.69) is 12.2 Å². The van der Waals surface area contributed by atoms with Crippen molar-refractivity contribution in [3.8, 4) is 0 Å². The van der Waals surface area contributed by atoms with E-state index in [0.717, 1.165) is 25.7 Å². The molecule has 1 aromatic rings. The summed E-state index contributed by atoms with van der Waals surface area (Å²) < 4.78 is 10.3. The van der Waals surface area contributed by atoms with Crippen molar-refractivity contribution in [2.45, 2.75) is 51.9 Å². The van der Waals surface area contributed by atoms with Crippen LogP contribution < -0.4 is 5.32 Å². The van der Waals surface area contributed by atoms with Gasteiger partial charge < -0.3 is 19.9 Å². The number of unbranched alkanes of at least 4 members (excludes halogenated alkanes) is 4. The number of nitro groups is 1. The lowest BCUT2D eigenvalue weighted by Gasteiger charge is -2.29. The summed E-state index contributed by atoms with van der Waals surface area (Å²) in [5.74, 6) is -3.08. The second kappa shape index (κ2) is 11.1. The number of amides is 1. The van der Waals surface area contributed by atoms with Gasteiger partial charge in [-0.25, -0.2) is 4.79 Å². The average molecular weight is 432 g/mol. The number of allylic oxidation sites excluding steroid dienone is 1. The Hall–Kier alpha value is -3.36. The Morgan fingerprint density at radius 2 is 1.97 bits per heavy atom. The quantitative estimate of drug-likeness (QED) is 0.143. The van der Waals surface area contributed by atoms with Crippen molar-refractivity contribution in [3.63, 3.8) is 0 Å². The number of benzene rings is 1. The second-order valence-corrected chi connectivity index (χ2v) is 7.25. The molecule has 0 radical (unpaired) electrons. The van der Waals surface area contributed by atoms with Gasteiger partial charge in [0.15, 0.2) is 0 Å². The highest BCUT2D eigenvalue weighted by Crippen LogP contribution is 2.39. The van der Waals surface area contributed by atoms with Crippen LogP contribution in [-0.2, 0) is 19.1 Å². The molecule has 1 aliphatic heterocycles. The van der Waals surface area contributed by atoms with Crippen LogP contribution in [0.25, 0.3) is 0 Å². The second-order valence-electron chi connectivity index (χ2n) is 7.25. The standard InChI is InChI=1S/C22H28N2O7/c1-4-5-6-7-8-12-31-22(27)17-14(2)23-20(25)19(21(26)30-3)18(17)15-10-9-11-16(13-15)24(28)29/h9-11,13,18,26H,4-8,12H2,1-3H3,(H,23,25). The molecule has 0 saturated heterocycles. The van der Waals surface area contributed by atoms with E-state index in [9.17, 15) is 24.8 Å². The van der Waals surface area contributed by atoms with E-state index in [-0.39, 0.29) is 34.7 Å². The molecular weight excluding hydrogens is 404 g/mol. The molecule has 1 heterocycles. The van der Waals surface area contributed by atoms with Gasteiger partial charge in [-0.1, -0.05) is 44.7 Å². The number of methoxy groups -OCH3 is 1. The molecule has 0 spiro atoms. The maximum absolute atomic E-state index is 13.0. The third-order valence-corrected chi connectivity index (χ3v) is 5.07. The topological polar surface area (TPSA) is 128 Å². The normalized spacial score (nSPS) is 17.8. The summed E-state index contributed by atoms with van der Waals surface area (Å²) >= 11 is 0. The van der Waals surface area contributed by atoms with Crippen molar-refractivity contribution in [1.82, 2.24) is 5.32 Å². The van der Waals surface area contributed by atoms with E-state index in [1.165, 1.54) is 25.3 Å². The number of carbonyl (C=O) groups is 2. The van der Waals surface area contributed by atoms with Crippen molar-refractivity contribution in [3.05, 3.63) is 62.7 Å². The number of nitrogens with one attached hydrogen (secondary N) is 1. The molecular formula is C22H28N2O7. The minimum atomic E-state index is -1.08. The average Bonchev–Trinajstić information content (AvgIpc) is 2.75. The molecule has 0 fully saturated rings. The molecule has 0 bridgehead atoms. The first-order chi connectivity index (χ1) is 14.8. The number of nitro benzene ring substituents is 1. The molecule has 0 aliphatic carbocycles. The number of hydrogen-bond acceptors (Lipinski definition) is 7. The molecule has 31 heavy (non-hydrogen) atoms. The molecule has 168 valence electrons. The van der Waals surface area contributed by atoms with E-state index in [0.29, 0.717) is 6.42 Å². The zero-order valence-corrected chi connectivity index (χ0v) is 18.0. The zero-order chi connectivity index (χ0) is 23.0. The SMILES string of the molecule is CCCCCCCOC(=O)C1=C(C)NC(=O)C(=C(O)OC)C1c1cccc([N+](=O)[O-])c1. The minimum Gasteiger partial charge on any atom is -0.481 e. The minimum absolute atomic E-state index is 0.0901. The summed E-state index contributed by atoms with van der Waals surface area (Å²) in [4.78, 5) is 36.2. The number of rotatable bonds is 10. The molecule has 1 amide bonds. The first-order valence-corrected chi connectivity index (χ1v) is 10.2. The fourth-order valence-corrected chi connectivity index (χ4v) is 3.50. The summed E-state index contributed by atoms with van der Waals surface area (Å²) in [6.07, 6.45) is 4.91. The molecule has 1 aromatic carbocycles. The predicted octanol–water partition coefficient (Wildman–Crippen LogP) is 4.01. The van der Waals surface area contributed by atoms with Gasteiger partial charge in [0, 0.05) is 17.8 Å². The third-order valence-electron chi connectivity index (χ3n) is 5.07. The molecule has 0 saturated carbocycles. The largest absolute Gasteiger partial charge is 0.481 e. The fourth-order valence-electron chi connectivity index (χ4n) is 3.50. The van der Waals surface area contributed by atoms with Crippen molar-refractivity contribution in [2.24, 2.45) is 0 Å². The summed E-state index contributed by atoms with van der Waals surface area (Å²) in [6, 6.07) is 5.56. The Labute approximate surface area is 180 Å². The number of hydrogen-bond donors (Lipinski definition) is 2. The van der Waals surface area contributed by atoms with Crippen molar-refractivity contribution >= 4 is 17.6 Å². The van der Waals surface area contributed by atoms with E-state index < -0.39 is 28.7 Å². The highest BCUT2D eigenvalue weighted by molar-refractivity contribution is 6.04. The Balaban J connectivity index is 2.42. The molecule has 9 heteroatoms. The number of aliphatic hydroxyl groups excluding tert-OH is 1. The maximum Gasteiger partial charge on any atom is 0.336 e. The molecule has 2 N–H and O–H groups in total. The van der Waals surface area contributed by atoms with Gasteiger partial charge in [-0.05, 0) is 18.9 Å². The lowest BCUT2D eigenvalue weighted by molar-refractivity contribution is -0.384.